The fourth-order valence-electron chi connectivity index (χ4n) is 4.15. The minimum absolute atomic E-state index is 0.0896. The Hall–Kier alpha value is -2.63. The SMILES string of the molecule is CC1COCCN1CC(=O)c1cc2n(n1)CCCN(C(=O)OCc1cc(Cl)cc(C(F)(F)F)c1)C2. The molecule has 1 aromatic carbocycles. The van der Waals surface area contributed by atoms with Gasteiger partial charge in [0, 0.05) is 30.7 Å². The highest BCUT2D eigenvalue weighted by Gasteiger charge is 2.31. The number of rotatable bonds is 5. The van der Waals surface area contributed by atoms with Crippen LogP contribution < -0.4 is 0 Å². The first-order valence-corrected chi connectivity index (χ1v) is 11.7. The van der Waals surface area contributed by atoms with Crippen LogP contribution in [-0.2, 0) is 35.3 Å². The number of ether oxygens (including phenoxy) is 2. The fourth-order valence-corrected chi connectivity index (χ4v) is 4.41. The molecule has 12 heteroatoms. The first kappa shape index (κ1) is 25.5. The number of Topliss-reactive ketones (excluding diaryl/α,β-unsaturated/α-hetero) is 1. The van der Waals surface area contributed by atoms with E-state index >= 15 is 0 Å². The molecule has 1 saturated heterocycles. The van der Waals surface area contributed by atoms with Gasteiger partial charge in [0.2, 0.25) is 0 Å². The lowest BCUT2D eigenvalue weighted by Crippen LogP contribution is -2.46. The van der Waals surface area contributed by atoms with Crippen LogP contribution in [0.3, 0.4) is 0 Å². The molecule has 0 N–H and O–H groups in total. The van der Waals surface area contributed by atoms with Crippen LogP contribution in [0.15, 0.2) is 24.3 Å². The van der Waals surface area contributed by atoms with E-state index in [4.69, 9.17) is 21.1 Å². The lowest BCUT2D eigenvalue weighted by atomic mass is 10.1. The Bertz CT molecular complexity index is 1090. The van der Waals surface area contributed by atoms with E-state index in [1.165, 1.54) is 11.0 Å². The summed E-state index contributed by atoms with van der Waals surface area (Å²) in [4.78, 5) is 29.0. The number of nitrogens with zero attached hydrogens (tertiary/aromatic N) is 4. The van der Waals surface area contributed by atoms with Gasteiger partial charge in [-0.05, 0) is 43.2 Å². The van der Waals surface area contributed by atoms with Crippen molar-refractivity contribution < 1.29 is 32.2 Å². The maximum atomic E-state index is 13.0. The zero-order valence-corrected chi connectivity index (χ0v) is 19.9. The summed E-state index contributed by atoms with van der Waals surface area (Å²) in [6.45, 7) is 4.84. The zero-order chi connectivity index (χ0) is 25.2. The second-order valence-corrected chi connectivity index (χ2v) is 9.17. The maximum Gasteiger partial charge on any atom is 0.416 e. The number of amides is 1. The third-order valence-electron chi connectivity index (χ3n) is 6.06. The Morgan fingerprint density at radius 1 is 1.20 bits per heavy atom. The van der Waals surface area contributed by atoms with Gasteiger partial charge in [-0.25, -0.2) is 4.79 Å². The van der Waals surface area contributed by atoms with Crippen LogP contribution in [0, 0.1) is 0 Å². The second-order valence-electron chi connectivity index (χ2n) is 8.74. The Balaban J connectivity index is 1.38. The first-order chi connectivity index (χ1) is 16.6. The van der Waals surface area contributed by atoms with Crippen LogP contribution in [0.4, 0.5) is 18.0 Å². The molecule has 1 aromatic heterocycles. The summed E-state index contributed by atoms with van der Waals surface area (Å²) in [6, 6.07) is 4.89. The molecule has 4 rings (SSSR count). The number of carbonyl (C=O) groups is 2. The Kier molecular flexibility index (Phi) is 7.67. The fraction of sp³-hybridized carbons (Fsp3) is 0.522. The van der Waals surface area contributed by atoms with Crippen molar-refractivity contribution in [3.63, 3.8) is 0 Å². The topological polar surface area (TPSA) is 76.9 Å². The van der Waals surface area contributed by atoms with Crippen LogP contribution in [0.2, 0.25) is 5.02 Å². The van der Waals surface area contributed by atoms with E-state index in [0.717, 1.165) is 12.1 Å². The Morgan fingerprint density at radius 3 is 2.74 bits per heavy atom. The highest BCUT2D eigenvalue weighted by atomic mass is 35.5. The normalized spacial score (nSPS) is 19.2. The van der Waals surface area contributed by atoms with Crippen molar-refractivity contribution in [2.24, 2.45) is 0 Å². The minimum atomic E-state index is -4.55. The molecule has 190 valence electrons. The summed E-state index contributed by atoms with van der Waals surface area (Å²) >= 11 is 5.80. The average molecular weight is 515 g/mol. The van der Waals surface area contributed by atoms with Gasteiger partial charge < -0.3 is 14.4 Å². The summed E-state index contributed by atoms with van der Waals surface area (Å²) < 4.78 is 51.5. The molecule has 0 bridgehead atoms. The molecule has 0 aliphatic carbocycles. The van der Waals surface area contributed by atoms with Gasteiger partial charge in [0.1, 0.15) is 12.3 Å². The molecule has 8 nitrogen and oxygen atoms in total. The number of hydrogen-bond donors (Lipinski definition) is 0. The zero-order valence-electron chi connectivity index (χ0n) is 19.2. The number of carbonyl (C=O) groups excluding carboxylic acids is 2. The summed E-state index contributed by atoms with van der Waals surface area (Å²) in [5.74, 6) is -0.102. The third kappa shape index (κ3) is 6.33. The van der Waals surface area contributed by atoms with Gasteiger partial charge in [0.25, 0.3) is 0 Å². The number of fused-ring (bicyclic) bond motifs is 1. The van der Waals surface area contributed by atoms with Crippen molar-refractivity contribution in [2.45, 2.75) is 45.3 Å². The largest absolute Gasteiger partial charge is 0.445 e. The number of aromatic nitrogens is 2. The molecule has 3 heterocycles. The van der Waals surface area contributed by atoms with Crippen LogP contribution in [-0.4, -0.2) is 70.3 Å². The maximum absolute atomic E-state index is 13.0. The van der Waals surface area contributed by atoms with Crippen LogP contribution >= 0.6 is 11.6 Å². The van der Waals surface area contributed by atoms with E-state index in [1.807, 2.05) is 6.92 Å². The van der Waals surface area contributed by atoms with Crippen molar-refractivity contribution in [3.05, 3.63) is 51.8 Å². The number of benzene rings is 1. The summed E-state index contributed by atoms with van der Waals surface area (Å²) in [6.07, 6.45) is -4.63. The Morgan fingerprint density at radius 2 is 2.00 bits per heavy atom. The summed E-state index contributed by atoms with van der Waals surface area (Å²) in [5.41, 5.74) is 0.272. The standard InChI is InChI=1S/C23H26ClF3N4O4/c1-15-13-34-6-5-29(15)12-21(32)20-10-19-11-30(3-2-4-31(19)28-20)22(33)35-14-16-7-17(23(25,26)27)9-18(24)8-16/h7-10,15H,2-6,11-14H2,1H3. The molecule has 1 atom stereocenters. The molecule has 0 saturated carbocycles. The lowest BCUT2D eigenvalue weighted by Gasteiger charge is -2.32. The number of hydrogen-bond acceptors (Lipinski definition) is 6. The predicted molar refractivity (Wildman–Crippen MR) is 120 cm³/mol. The van der Waals surface area contributed by atoms with Crippen molar-refractivity contribution >= 4 is 23.5 Å². The van der Waals surface area contributed by atoms with Crippen LogP contribution in [0.5, 0.6) is 0 Å². The monoisotopic (exact) mass is 514 g/mol. The summed E-state index contributed by atoms with van der Waals surface area (Å²) in [7, 11) is 0. The molecule has 1 unspecified atom stereocenters. The summed E-state index contributed by atoms with van der Waals surface area (Å²) in [5, 5.41) is 4.35. The third-order valence-corrected chi connectivity index (χ3v) is 6.28. The molecule has 0 radical (unpaired) electrons. The molecule has 1 fully saturated rings. The number of morpholine rings is 1. The van der Waals surface area contributed by atoms with Gasteiger partial charge in [0.05, 0.1) is 37.6 Å². The molecule has 1 amide bonds. The average Bonchev–Trinajstić information content (AvgIpc) is 3.09. The highest BCUT2D eigenvalue weighted by Crippen LogP contribution is 2.32. The van der Waals surface area contributed by atoms with E-state index in [1.54, 1.807) is 10.7 Å². The number of aryl methyl sites for hydroxylation is 1. The smallest absolute Gasteiger partial charge is 0.416 e. The van der Waals surface area contributed by atoms with E-state index in [9.17, 15) is 22.8 Å². The minimum Gasteiger partial charge on any atom is -0.445 e. The van der Waals surface area contributed by atoms with E-state index in [-0.39, 0.29) is 42.1 Å². The van der Waals surface area contributed by atoms with Gasteiger partial charge >= 0.3 is 12.3 Å². The van der Waals surface area contributed by atoms with Crippen molar-refractivity contribution in [3.8, 4) is 0 Å². The molecule has 0 spiro atoms. The predicted octanol–water partition coefficient (Wildman–Crippen LogP) is 4.00. The van der Waals surface area contributed by atoms with Gasteiger partial charge in [-0.15, -0.1) is 0 Å². The van der Waals surface area contributed by atoms with Gasteiger partial charge in [-0.1, -0.05) is 11.6 Å². The van der Waals surface area contributed by atoms with Gasteiger partial charge in [-0.3, -0.25) is 14.4 Å². The quantitative estimate of drug-likeness (QED) is 0.561. The van der Waals surface area contributed by atoms with Crippen LogP contribution in [0.1, 0.15) is 40.7 Å². The van der Waals surface area contributed by atoms with Crippen LogP contribution in [0.25, 0.3) is 0 Å². The van der Waals surface area contributed by atoms with Gasteiger partial charge in [-0.2, -0.15) is 18.3 Å². The first-order valence-electron chi connectivity index (χ1n) is 11.3. The lowest BCUT2D eigenvalue weighted by molar-refractivity contribution is -0.137. The Labute approximate surface area is 205 Å². The van der Waals surface area contributed by atoms with Crippen molar-refractivity contribution in [2.75, 3.05) is 32.8 Å². The van der Waals surface area contributed by atoms with E-state index < -0.39 is 17.8 Å². The second kappa shape index (κ2) is 10.5. The number of ketones is 1. The van der Waals surface area contributed by atoms with E-state index in [2.05, 4.69) is 10.00 Å². The van der Waals surface area contributed by atoms with Crippen molar-refractivity contribution in [1.29, 1.82) is 0 Å². The number of halogens is 4. The highest BCUT2D eigenvalue weighted by molar-refractivity contribution is 6.30. The molecule has 2 aromatic rings. The van der Waals surface area contributed by atoms with Gasteiger partial charge in [0.15, 0.2) is 5.78 Å². The molecular formula is C23H26ClF3N4O4. The molecule has 2 aliphatic heterocycles. The number of alkyl halides is 3. The molecule has 2 aliphatic rings. The van der Waals surface area contributed by atoms with E-state index in [0.29, 0.717) is 50.7 Å². The molecule has 35 heavy (non-hydrogen) atoms. The van der Waals surface area contributed by atoms with Crippen molar-refractivity contribution in [1.82, 2.24) is 19.6 Å². The molecular weight excluding hydrogens is 489 g/mol.